The third kappa shape index (κ3) is 4.84. The smallest absolute Gasteiger partial charge is 0.273 e. The maximum absolute atomic E-state index is 12.3. The molecule has 32 heavy (non-hydrogen) atoms. The number of amides is 2. The summed E-state index contributed by atoms with van der Waals surface area (Å²) in [5.74, 6) is 0.272. The molecule has 2 N–H and O–H groups in total. The summed E-state index contributed by atoms with van der Waals surface area (Å²) >= 11 is 1.29. The second-order valence-electron chi connectivity index (χ2n) is 6.91. The lowest BCUT2D eigenvalue weighted by Crippen LogP contribution is -2.33. The fourth-order valence-electron chi connectivity index (χ4n) is 3.01. The Balaban J connectivity index is 1.35. The van der Waals surface area contributed by atoms with E-state index >= 15 is 0 Å². The van der Waals surface area contributed by atoms with Crippen LogP contribution in [0.3, 0.4) is 0 Å². The van der Waals surface area contributed by atoms with E-state index in [0.717, 1.165) is 16.7 Å². The summed E-state index contributed by atoms with van der Waals surface area (Å²) < 4.78 is 10.6. The van der Waals surface area contributed by atoms with Crippen LogP contribution in [0.1, 0.15) is 16.1 Å². The minimum absolute atomic E-state index is 0.0970. The number of nitrogens with zero attached hydrogens (tertiary/aromatic N) is 2. The summed E-state index contributed by atoms with van der Waals surface area (Å²) in [6.07, 6.45) is 0. The lowest BCUT2D eigenvalue weighted by Gasteiger charge is -2.07. The van der Waals surface area contributed by atoms with Crippen LogP contribution in [0.5, 0.6) is 5.75 Å². The van der Waals surface area contributed by atoms with Crippen molar-refractivity contribution in [2.24, 2.45) is 0 Å². The first-order valence-corrected chi connectivity index (χ1v) is 10.6. The van der Waals surface area contributed by atoms with Gasteiger partial charge in [-0.1, -0.05) is 47.1 Å². The van der Waals surface area contributed by atoms with Crippen molar-refractivity contribution in [3.8, 4) is 28.3 Å². The normalized spacial score (nSPS) is 10.6. The second-order valence-corrected chi connectivity index (χ2v) is 7.77. The van der Waals surface area contributed by atoms with Crippen LogP contribution in [-0.2, 0) is 4.79 Å². The standard InChI is InChI=1S/C23H20N4O4S/c1-14-8-9-19(30-2)16(10-14)18-13-32-23(25-18)26-21(28)12-24-22(29)17-11-20(31-27-17)15-6-4-3-5-7-15/h3-11,13H,12H2,1-2H3,(H,24,29)(H,25,26,28). The summed E-state index contributed by atoms with van der Waals surface area (Å²) in [6.45, 7) is 1.76. The van der Waals surface area contributed by atoms with Crippen molar-refractivity contribution >= 4 is 28.3 Å². The van der Waals surface area contributed by atoms with Crippen LogP contribution in [0, 0.1) is 6.92 Å². The first-order chi connectivity index (χ1) is 15.5. The van der Waals surface area contributed by atoms with Crippen molar-refractivity contribution < 1.29 is 18.8 Å². The molecule has 2 aromatic carbocycles. The van der Waals surface area contributed by atoms with Crippen LogP contribution in [0.4, 0.5) is 5.13 Å². The summed E-state index contributed by atoms with van der Waals surface area (Å²) in [5.41, 5.74) is 3.52. The minimum Gasteiger partial charge on any atom is -0.496 e. The summed E-state index contributed by atoms with van der Waals surface area (Å²) in [6, 6.07) is 16.7. The number of aromatic nitrogens is 2. The van der Waals surface area contributed by atoms with E-state index in [1.165, 1.54) is 17.4 Å². The average Bonchev–Trinajstić information content (AvgIpc) is 3.48. The van der Waals surface area contributed by atoms with Crippen molar-refractivity contribution in [2.45, 2.75) is 6.92 Å². The van der Waals surface area contributed by atoms with E-state index in [-0.39, 0.29) is 12.2 Å². The Hall–Kier alpha value is -3.98. The number of anilines is 1. The fraction of sp³-hybridized carbons (Fsp3) is 0.130. The Morgan fingerprint density at radius 2 is 1.94 bits per heavy atom. The number of thiazole rings is 1. The number of ether oxygens (including phenoxy) is 1. The number of rotatable bonds is 7. The lowest BCUT2D eigenvalue weighted by atomic mass is 10.1. The zero-order chi connectivity index (χ0) is 22.5. The van der Waals surface area contributed by atoms with Gasteiger partial charge in [-0.15, -0.1) is 11.3 Å². The van der Waals surface area contributed by atoms with Crippen LogP contribution in [0.2, 0.25) is 0 Å². The number of hydrogen-bond donors (Lipinski definition) is 2. The molecule has 0 spiro atoms. The highest BCUT2D eigenvalue weighted by Crippen LogP contribution is 2.32. The van der Waals surface area contributed by atoms with Crippen LogP contribution >= 0.6 is 11.3 Å². The zero-order valence-corrected chi connectivity index (χ0v) is 18.2. The maximum Gasteiger partial charge on any atom is 0.273 e. The van der Waals surface area contributed by atoms with E-state index in [4.69, 9.17) is 9.26 Å². The van der Waals surface area contributed by atoms with Gasteiger partial charge in [0.1, 0.15) is 5.75 Å². The topological polar surface area (TPSA) is 106 Å². The molecule has 4 rings (SSSR count). The van der Waals surface area contributed by atoms with Gasteiger partial charge in [0.25, 0.3) is 5.91 Å². The van der Waals surface area contributed by atoms with Crippen molar-refractivity contribution in [3.63, 3.8) is 0 Å². The Bertz CT molecular complexity index is 1250. The predicted octanol–water partition coefficient (Wildman–Crippen LogP) is 4.15. The highest BCUT2D eigenvalue weighted by atomic mass is 32.1. The molecule has 0 saturated carbocycles. The molecule has 0 unspecified atom stereocenters. The molecule has 162 valence electrons. The van der Waals surface area contributed by atoms with E-state index in [9.17, 15) is 9.59 Å². The van der Waals surface area contributed by atoms with Crippen molar-refractivity contribution in [2.75, 3.05) is 19.0 Å². The third-order valence-electron chi connectivity index (χ3n) is 4.59. The molecular formula is C23H20N4O4S. The van der Waals surface area contributed by atoms with Gasteiger partial charge >= 0.3 is 0 Å². The van der Waals surface area contributed by atoms with E-state index in [1.54, 1.807) is 7.11 Å². The van der Waals surface area contributed by atoms with Crippen LogP contribution in [0.25, 0.3) is 22.6 Å². The van der Waals surface area contributed by atoms with Gasteiger partial charge < -0.3 is 19.9 Å². The molecule has 2 aromatic heterocycles. The second kappa shape index (κ2) is 9.44. The highest BCUT2D eigenvalue weighted by Gasteiger charge is 2.16. The molecule has 9 heteroatoms. The minimum atomic E-state index is -0.504. The Morgan fingerprint density at radius 1 is 1.12 bits per heavy atom. The molecule has 0 bridgehead atoms. The molecule has 0 atom stereocenters. The van der Waals surface area contributed by atoms with Crippen LogP contribution < -0.4 is 15.4 Å². The number of benzene rings is 2. The quantitative estimate of drug-likeness (QED) is 0.440. The molecule has 8 nitrogen and oxygen atoms in total. The Labute approximate surface area is 188 Å². The molecule has 0 aliphatic rings. The molecule has 0 fully saturated rings. The monoisotopic (exact) mass is 448 g/mol. The third-order valence-corrected chi connectivity index (χ3v) is 5.35. The van der Waals surface area contributed by atoms with Gasteiger partial charge in [0.15, 0.2) is 16.6 Å². The fourth-order valence-corrected chi connectivity index (χ4v) is 3.74. The van der Waals surface area contributed by atoms with E-state index < -0.39 is 11.8 Å². The van der Waals surface area contributed by atoms with Crippen molar-refractivity contribution in [3.05, 3.63) is 71.2 Å². The van der Waals surface area contributed by atoms with Gasteiger partial charge in [-0.2, -0.15) is 0 Å². The number of carbonyl (C=O) groups is 2. The number of aryl methyl sites for hydroxylation is 1. The molecule has 0 radical (unpaired) electrons. The molecule has 4 aromatic rings. The van der Waals surface area contributed by atoms with Crippen molar-refractivity contribution in [1.82, 2.24) is 15.5 Å². The van der Waals surface area contributed by atoms with E-state index in [2.05, 4.69) is 20.8 Å². The molecule has 2 heterocycles. The Morgan fingerprint density at radius 3 is 2.72 bits per heavy atom. The average molecular weight is 449 g/mol. The first-order valence-electron chi connectivity index (χ1n) is 9.74. The van der Waals surface area contributed by atoms with Gasteiger partial charge in [-0.3, -0.25) is 9.59 Å². The van der Waals surface area contributed by atoms with Gasteiger partial charge in [-0.05, 0) is 19.1 Å². The predicted molar refractivity (Wildman–Crippen MR) is 122 cm³/mol. The molecule has 0 aliphatic carbocycles. The summed E-state index contributed by atoms with van der Waals surface area (Å²) in [4.78, 5) is 29.0. The van der Waals surface area contributed by atoms with Gasteiger partial charge in [0.05, 0.1) is 19.3 Å². The number of carbonyl (C=O) groups excluding carboxylic acids is 2. The summed E-state index contributed by atoms with van der Waals surface area (Å²) in [7, 11) is 1.60. The SMILES string of the molecule is COc1ccc(C)cc1-c1csc(NC(=O)CNC(=O)c2cc(-c3ccccc3)on2)n1. The Kier molecular flexibility index (Phi) is 6.27. The summed E-state index contributed by atoms with van der Waals surface area (Å²) in [5, 5.41) is 11.3. The molecule has 0 saturated heterocycles. The van der Waals surface area contributed by atoms with Gasteiger partial charge in [0.2, 0.25) is 5.91 Å². The van der Waals surface area contributed by atoms with Crippen molar-refractivity contribution in [1.29, 1.82) is 0 Å². The molecule has 2 amide bonds. The molecular weight excluding hydrogens is 428 g/mol. The maximum atomic E-state index is 12.3. The first kappa shape index (κ1) is 21.3. The van der Waals surface area contributed by atoms with Crippen LogP contribution in [0.15, 0.2) is 64.5 Å². The van der Waals surface area contributed by atoms with E-state index in [1.807, 2.05) is 60.8 Å². The zero-order valence-electron chi connectivity index (χ0n) is 17.4. The largest absolute Gasteiger partial charge is 0.496 e. The number of methoxy groups -OCH3 is 1. The van der Waals surface area contributed by atoms with Crippen LogP contribution in [-0.4, -0.2) is 35.6 Å². The molecule has 0 aliphatic heterocycles. The van der Waals surface area contributed by atoms with E-state index in [0.29, 0.717) is 22.3 Å². The lowest BCUT2D eigenvalue weighted by molar-refractivity contribution is -0.115. The highest BCUT2D eigenvalue weighted by molar-refractivity contribution is 7.14. The van der Waals surface area contributed by atoms with Gasteiger partial charge in [0, 0.05) is 22.6 Å². The van der Waals surface area contributed by atoms with Gasteiger partial charge in [-0.25, -0.2) is 4.98 Å². The number of nitrogens with one attached hydrogen (secondary N) is 2. The number of hydrogen-bond acceptors (Lipinski definition) is 7.